The molecule has 5 nitrogen and oxygen atoms in total. The fourth-order valence-electron chi connectivity index (χ4n) is 0.853. The first-order chi connectivity index (χ1) is 6.81. The van der Waals surface area contributed by atoms with E-state index in [0.29, 0.717) is 6.61 Å². The summed E-state index contributed by atoms with van der Waals surface area (Å²) in [6, 6.07) is 0. The zero-order valence-electron chi connectivity index (χ0n) is 9.66. The number of carbonyl (C=O) groups excluding carboxylic acids is 1. The summed E-state index contributed by atoms with van der Waals surface area (Å²) >= 11 is 0. The molecule has 0 aromatic carbocycles. The second kappa shape index (κ2) is 5.70. The van der Waals surface area contributed by atoms with Crippen molar-refractivity contribution in [1.82, 2.24) is 5.32 Å². The number of rotatable bonds is 6. The van der Waals surface area contributed by atoms with Gasteiger partial charge in [0.25, 0.3) is 0 Å². The first-order valence-corrected chi connectivity index (χ1v) is 4.94. The van der Waals surface area contributed by atoms with Crippen molar-refractivity contribution in [3.63, 3.8) is 0 Å². The molecule has 0 heterocycles. The molecule has 2 N–H and O–H groups in total. The van der Waals surface area contributed by atoms with Crippen molar-refractivity contribution in [2.24, 2.45) is 5.41 Å². The van der Waals surface area contributed by atoms with E-state index in [0.717, 1.165) is 0 Å². The van der Waals surface area contributed by atoms with Crippen molar-refractivity contribution < 1.29 is 19.4 Å². The van der Waals surface area contributed by atoms with Crippen LogP contribution in [-0.2, 0) is 14.3 Å². The highest BCUT2D eigenvalue weighted by molar-refractivity contribution is 5.81. The van der Waals surface area contributed by atoms with Crippen LogP contribution in [0.3, 0.4) is 0 Å². The quantitative estimate of drug-likeness (QED) is 0.684. The second-order valence-electron chi connectivity index (χ2n) is 4.00. The van der Waals surface area contributed by atoms with E-state index in [1.54, 1.807) is 27.7 Å². The molecule has 0 aliphatic rings. The van der Waals surface area contributed by atoms with Crippen molar-refractivity contribution in [2.75, 3.05) is 13.2 Å². The zero-order valence-corrected chi connectivity index (χ0v) is 9.66. The Morgan fingerprint density at radius 2 is 2.00 bits per heavy atom. The molecule has 0 aliphatic heterocycles. The van der Waals surface area contributed by atoms with Crippen LogP contribution in [0.4, 0.5) is 0 Å². The molecule has 15 heavy (non-hydrogen) atoms. The Bertz CT molecular complexity index is 238. The van der Waals surface area contributed by atoms with Crippen molar-refractivity contribution >= 4 is 11.9 Å². The van der Waals surface area contributed by atoms with Crippen LogP contribution in [-0.4, -0.2) is 36.2 Å². The summed E-state index contributed by atoms with van der Waals surface area (Å²) < 4.78 is 5.07. The van der Waals surface area contributed by atoms with E-state index < -0.39 is 17.5 Å². The first kappa shape index (κ1) is 13.9. The lowest BCUT2D eigenvalue weighted by Gasteiger charge is -2.20. The fourth-order valence-corrected chi connectivity index (χ4v) is 0.853. The molecule has 1 unspecified atom stereocenters. The number of carboxylic acid groups (broad SMARTS) is 1. The van der Waals surface area contributed by atoms with Crippen molar-refractivity contribution in [3.8, 4) is 0 Å². The van der Waals surface area contributed by atoms with Crippen LogP contribution in [0.1, 0.15) is 27.7 Å². The first-order valence-electron chi connectivity index (χ1n) is 4.94. The molecule has 0 saturated heterocycles. The van der Waals surface area contributed by atoms with Gasteiger partial charge in [-0.3, -0.25) is 9.59 Å². The van der Waals surface area contributed by atoms with Crippen molar-refractivity contribution in [2.45, 2.75) is 33.8 Å². The molecule has 5 heteroatoms. The maximum absolute atomic E-state index is 11.4. The number of carboxylic acids is 1. The minimum absolute atomic E-state index is 0.0958. The van der Waals surface area contributed by atoms with Gasteiger partial charge in [-0.25, -0.2) is 0 Å². The van der Waals surface area contributed by atoms with Gasteiger partial charge in [-0.1, -0.05) is 0 Å². The average molecular weight is 217 g/mol. The summed E-state index contributed by atoms with van der Waals surface area (Å²) in [5, 5.41) is 11.4. The third-order valence-corrected chi connectivity index (χ3v) is 2.07. The van der Waals surface area contributed by atoms with Gasteiger partial charge in [-0.05, 0) is 27.7 Å². The lowest BCUT2D eigenvalue weighted by atomic mass is 9.94. The van der Waals surface area contributed by atoms with Gasteiger partial charge >= 0.3 is 5.97 Å². The monoisotopic (exact) mass is 217 g/mol. The third kappa shape index (κ3) is 4.78. The van der Waals surface area contributed by atoms with Crippen molar-refractivity contribution in [1.29, 1.82) is 0 Å². The molecule has 0 saturated carbocycles. The number of carbonyl (C=O) groups is 2. The number of ether oxygens (including phenoxy) is 1. The maximum atomic E-state index is 11.4. The Morgan fingerprint density at radius 3 is 2.40 bits per heavy atom. The van der Waals surface area contributed by atoms with E-state index in [1.807, 2.05) is 0 Å². The van der Waals surface area contributed by atoms with Gasteiger partial charge in [-0.15, -0.1) is 0 Å². The number of nitrogens with one attached hydrogen (secondary N) is 1. The van der Waals surface area contributed by atoms with Gasteiger partial charge in [0, 0.05) is 13.2 Å². The molecule has 0 aromatic rings. The maximum Gasteiger partial charge on any atom is 0.310 e. The summed E-state index contributed by atoms with van der Waals surface area (Å²) in [5.41, 5.74) is -0.957. The predicted molar refractivity (Wildman–Crippen MR) is 55.5 cm³/mol. The molecule has 1 atom stereocenters. The molecular formula is C10H19NO4. The summed E-state index contributed by atoms with van der Waals surface area (Å²) in [6.45, 7) is 7.09. The number of hydrogen-bond donors (Lipinski definition) is 2. The summed E-state index contributed by atoms with van der Waals surface area (Å²) in [7, 11) is 0. The lowest BCUT2D eigenvalue weighted by Crippen LogP contribution is -2.42. The molecule has 0 aliphatic carbocycles. The molecule has 1 amide bonds. The number of hydrogen-bond acceptors (Lipinski definition) is 3. The van der Waals surface area contributed by atoms with Gasteiger partial charge in [0.15, 0.2) is 0 Å². The van der Waals surface area contributed by atoms with E-state index in [2.05, 4.69) is 5.32 Å². The van der Waals surface area contributed by atoms with Crippen LogP contribution in [0.2, 0.25) is 0 Å². The lowest BCUT2D eigenvalue weighted by molar-refractivity contribution is -0.147. The van der Waals surface area contributed by atoms with Gasteiger partial charge in [0.1, 0.15) is 6.10 Å². The highest BCUT2D eigenvalue weighted by Crippen LogP contribution is 2.13. The van der Waals surface area contributed by atoms with Crippen LogP contribution in [0.5, 0.6) is 0 Å². The minimum Gasteiger partial charge on any atom is -0.481 e. The Balaban J connectivity index is 4.05. The molecule has 0 aromatic heterocycles. The Morgan fingerprint density at radius 1 is 1.47 bits per heavy atom. The van der Waals surface area contributed by atoms with E-state index in [-0.39, 0.29) is 12.5 Å². The summed E-state index contributed by atoms with van der Waals surface area (Å²) in [5.74, 6) is -1.22. The Labute approximate surface area is 89.8 Å². The fraction of sp³-hybridized carbons (Fsp3) is 0.800. The van der Waals surface area contributed by atoms with Crippen LogP contribution in [0.25, 0.3) is 0 Å². The Kier molecular flexibility index (Phi) is 5.28. The number of aliphatic carboxylic acids is 1. The zero-order chi connectivity index (χ0) is 12.1. The van der Waals surface area contributed by atoms with E-state index >= 15 is 0 Å². The van der Waals surface area contributed by atoms with E-state index in [9.17, 15) is 9.59 Å². The smallest absolute Gasteiger partial charge is 0.310 e. The second-order valence-corrected chi connectivity index (χ2v) is 4.00. The van der Waals surface area contributed by atoms with Crippen LogP contribution >= 0.6 is 0 Å². The predicted octanol–water partition coefficient (Wildman–Crippen LogP) is 0.638. The van der Waals surface area contributed by atoms with Gasteiger partial charge < -0.3 is 15.2 Å². The summed E-state index contributed by atoms with van der Waals surface area (Å²) in [4.78, 5) is 22.1. The minimum atomic E-state index is -0.957. The topological polar surface area (TPSA) is 75.6 Å². The van der Waals surface area contributed by atoms with E-state index in [1.165, 1.54) is 0 Å². The highest BCUT2D eigenvalue weighted by Gasteiger charge is 2.28. The number of amides is 1. The van der Waals surface area contributed by atoms with Crippen LogP contribution in [0.15, 0.2) is 0 Å². The van der Waals surface area contributed by atoms with E-state index in [4.69, 9.17) is 9.84 Å². The highest BCUT2D eigenvalue weighted by atomic mass is 16.5. The molecule has 0 spiro atoms. The molecular weight excluding hydrogens is 198 g/mol. The molecule has 88 valence electrons. The van der Waals surface area contributed by atoms with Gasteiger partial charge in [0.2, 0.25) is 5.91 Å². The standard InChI is InChI=1S/C10H19NO4/c1-5-15-7(2)8(12)11-6-10(3,4)9(13)14/h7H,5-6H2,1-4H3,(H,11,12)(H,13,14). The SMILES string of the molecule is CCOC(C)C(=O)NCC(C)(C)C(=O)O. The summed E-state index contributed by atoms with van der Waals surface area (Å²) in [6.07, 6.45) is -0.542. The molecule has 0 bridgehead atoms. The third-order valence-electron chi connectivity index (χ3n) is 2.07. The van der Waals surface area contributed by atoms with Crippen LogP contribution in [0, 0.1) is 5.41 Å². The average Bonchev–Trinajstić information content (AvgIpc) is 2.14. The van der Waals surface area contributed by atoms with Gasteiger partial charge in [-0.2, -0.15) is 0 Å². The van der Waals surface area contributed by atoms with Crippen molar-refractivity contribution in [3.05, 3.63) is 0 Å². The Hall–Kier alpha value is -1.10. The van der Waals surface area contributed by atoms with Gasteiger partial charge in [0.05, 0.1) is 5.41 Å². The molecule has 0 radical (unpaired) electrons. The molecule has 0 rings (SSSR count). The largest absolute Gasteiger partial charge is 0.481 e. The molecule has 0 fully saturated rings. The normalized spacial score (nSPS) is 13.3. The van der Waals surface area contributed by atoms with Crippen LogP contribution < -0.4 is 5.32 Å².